The van der Waals surface area contributed by atoms with E-state index in [9.17, 15) is 0 Å². The Morgan fingerprint density at radius 2 is 1.85 bits per heavy atom. The van der Waals surface area contributed by atoms with Gasteiger partial charge in [-0.15, -0.1) is 11.3 Å². The molecule has 0 aromatic carbocycles. The Kier molecular flexibility index (Phi) is 4.00. The molecule has 110 valence electrons. The first-order valence-electron chi connectivity index (χ1n) is 6.78. The van der Waals surface area contributed by atoms with Crippen LogP contribution in [-0.2, 0) is 0 Å². The van der Waals surface area contributed by atoms with Crippen LogP contribution in [0.3, 0.4) is 0 Å². The SMILES string of the molecule is Cc1cc2c(Cl)nc(NC(C)(C)CC(C)(C)C)nc2s1. The van der Waals surface area contributed by atoms with Crippen molar-refractivity contribution in [2.24, 2.45) is 5.41 Å². The molecule has 0 unspecified atom stereocenters. The van der Waals surface area contributed by atoms with E-state index in [4.69, 9.17) is 11.6 Å². The maximum absolute atomic E-state index is 6.25. The second-order valence-corrected chi connectivity index (χ2v) is 8.75. The Morgan fingerprint density at radius 3 is 2.45 bits per heavy atom. The van der Waals surface area contributed by atoms with E-state index in [2.05, 4.69) is 56.8 Å². The van der Waals surface area contributed by atoms with E-state index in [0.717, 1.165) is 16.6 Å². The van der Waals surface area contributed by atoms with Gasteiger partial charge >= 0.3 is 0 Å². The molecule has 1 N–H and O–H groups in total. The number of thiophene rings is 1. The summed E-state index contributed by atoms with van der Waals surface area (Å²) in [6, 6.07) is 2.03. The minimum absolute atomic E-state index is 0.0818. The second kappa shape index (κ2) is 5.15. The zero-order valence-corrected chi connectivity index (χ0v) is 14.5. The van der Waals surface area contributed by atoms with Gasteiger partial charge in [0.25, 0.3) is 0 Å². The van der Waals surface area contributed by atoms with Gasteiger partial charge in [-0.1, -0.05) is 32.4 Å². The molecule has 2 rings (SSSR count). The molecule has 0 radical (unpaired) electrons. The lowest BCUT2D eigenvalue weighted by molar-refractivity contribution is 0.301. The maximum Gasteiger partial charge on any atom is 0.225 e. The van der Waals surface area contributed by atoms with Crippen LogP contribution in [0.4, 0.5) is 5.95 Å². The van der Waals surface area contributed by atoms with Gasteiger partial charge in [-0.3, -0.25) is 0 Å². The van der Waals surface area contributed by atoms with Gasteiger partial charge < -0.3 is 5.32 Å². The summed E-state index contributed by atoms with van der Waals surface area (Å²) in [5, 5.41) is 4.88. The number of hydrogen-bond donors (Lipinski definition) is 1. The van der Waals surface area contributed by atoms with Crippen LogP contribution in [-0.4, -0.2) is 15.5 Å². The first-order chi connectivity index (χ1) is 9.06. The fourth-order valence-electron chi connectivity index (χ4n) is 2.74. The van der Waals surface area contributed by atoms with Crippen molar-refractivity contribution in [2.75, 3.05) is 5.32 Å². The van der Waals surface area contributed by atoms with E-state index in [0.29, 0.717) is 11.1 Å². The first-order valence-corrected chi connectivity index (χ1v) is 7.97. The fraction of sp³-hybridized carbons (Fsp3) is 0.600. The molecule has 3 nitrogen and oxygen atoms in total. The lowest BCUT2D eigenvalue weighted by atomic mass is 9.82. The molecule has 2 aromatic rings. The number of aryl methyl sites for hydroxylation is 1. The maximum atomic E-state index is 6.25. The molecule has 0 aliphatic heterocycles. The predicted octanol–water partition coefficient (Wildman–Crippen LogP) is 5.28. The molecule has 2 heterocycles. The van der Waals surface area contributed by atoms with E-state index in [1.807, 2.05) is 6.07 Å². The molecule has 0 spiro atoms. The predicted molar refractivity (Wildman–Crippen MR) is 88.9 cm³/mol. The molecule has 2 aromatic heterocycles. The van der Waals surface area contributed by atoms with Crippen LogP contribution in [0.1, 0.15) is 45.9 Å². The monoisotopic (exact) mass is 311 g/mol. The molecule has 20 heavy (non-hydrogen) atoms. The highest BCUT2D eigenvalue weighted by molar-refractivity contribution is 7.18. The van der Waals surface area contributed by atoms with Crippen molar-refractivity contribution < 1.29 is 0 Å². The summed E-state index contributed by atoms with van der Waals surface area (Å²) in [6.07, 6.45) is 1.02. The van der Waals surface area contributed by atoms with Gasteiger partial charge in [0, 0.05) is 15.8 Å². The van der Waals surface area contributed by atoms with Crippen molar-refractivity contribution in [3.05, 3.63) is 16.1 Å². The van der Waals surface area contributed by atoms with Crippen LogP contribution in [0, 0.1) is 12.3 Å². The number of nitrogens with zero attached hydrogens (tertiary/aromatic N) is 2. The summed E-state index contributed by atoms with van der Waals surface area (Å²) >= 11 is 7.90. The minimum Gasteiger partial charge on any atom is -0.349 e. The lowest BCUT2D eigenvalue weighted by Crippen LogP contribution is -2.36. The summed E-state index contributed by atoms with van der Waals surface area (Å²) in [5.41, 5.74) is 0.158. The molecule has 0 bridgehead atoms. The van der Waals surface area contributed by atoms with Crippen LogP contribution in [0.5, 0.6) is 0 Å². The van der Waals surface area contributed by atoms with Gasteiger partial charge in [0.05, 0.1) is 0 Å². The molecule has 0 saturated carbocycles. The van der Waals surface area contributed by atoms with E-state index in [-0.39, 0.29) is 11.0 Å². The number of hydrogen-bond acceptors (Lipinski definition) is 4. The fourth-order valence-corrected chi connectivity index (χ4v) is 3.90. The Bertz CT molecular complexity index is 626. The van der Waals surface area contributed by atoms with Crippen molar-refractivity contribution in [2.45, 2.75) is 53.5 Å². The van der Waals surface area contributed by atoms with E-state index >= 15 is 0 Å². The Labute approximate surface area is 129 Å². The molecular weight excluding hydrogens is 290 g/mol. The summed E-state index contributed by atoms with van der Waals surface area (Å²) in [7, 11) is 0. The topological polar surface area (TPSA) is 37.8 Å². The molecule has 0 amide bonds. The number of anilines is 1. The van der Waals surface area contributed by atoms with Crippen LogP contribution < -0.4 is 5.32 Å². The summed E-state index contributed by atoms with van der Waals surface area (Å²) in [6.45, 7) is 13.1. The third kappa shape index (κ3) is 3.83. The van der Waals surface area contributed by atoms with Crippen molar-refractivity contribution >= 4 is 39.1 Å². The average Bonchev–Trinajstić information content (AvgIpc) is 2.53. The molecule has 0 fully saturated rings. The number of nitrogens with one attached hydrogen (secondary N) is 1. The van der Waals surface area contributed by atoms with Gasteiger partial charge in [-0.05, 0) is 38.7 Å². The molecular formula is C15H22ClN3S. The number of halogens is 1. The van der Waals surface area contributed by atoms with Crippen molar-refractivity contribution in [1.29, 1.82) is 0 Å². The van der Waals surface area contributed by atoms with E-state index in [1.165, 1.54) is 4.88 Å². The normalized spacial score (nSPS) is 12.9. The molecule has 0 saturated heterocycles. The van der Waals surface area contributed by atoms with Crippen LogP contribution in [0.2, 0.25) is 5.15 Å². The van der Waals surface area contributed by atoms with Crippen LogP contribution in [0.25, 0.3) is 10.2 Å². The third-order valence-electron chi connectivity index (χ3n) is 2.89. The van der Waals surface area contributed by atoms with Crippen molar-refractivity contribution in [3.63, 3.8) is 0 Å². The Morgan fingerprint density at radius 1 is 1.20 bits per heavy atom. The minimum atomic E-state index is -0.0818. The highest BCUT2D eigenvalue weighted by Crippen LogP contribution is 2.32. The van der Waals surface area contributed by atoms with Gasteiger partial charge in [0.15, 0.2) is 0 Å². The highest BCUT2D eigenvalue weighted by atomic mass is 35.5. The summed E-state index contributed by atoms with van der Waals surface area (Å²) in [4.78, 5) is 11.1. The van der Waals surface area contributed by atoms with Crippen molar-refractivity contribution in [3.8, 4) is 0 Å². The smallest absolute Gasteiger partial charge is 0.225 e. The molecule has 0 atom stereocenters. The van der Waals surface area contributed by atoms with Crippen LogP contribution >= 0.6 is 22.9 Å². The quantitative estimate of drug-likeness (QED) is 0.784. The van der Waals surface area contributed by atoms with Gasteiger partial charge in [-0.2, -0.15) is 0 Å². The lowest BCUT2D eigenvalue weighted by Gasteiger charge is -2.33. The van der Waals surface area contributed by atoms with Gasteiger partial charge in [-0.25, -0.2) is 9.97 Å². The van der Waals surface area contributed by atoms with E-state index in [1.54, 1.807) is 11.3 Å². The van der Waals surface area contributed by atoms with Crippen LogP contribution in [0.15, 0.2) is 6.07 Å². The van der Waals surface area contributed by atoms with Crippen molar-refractivity contribution in [1.82, 2.24) is 9.97 Å². The summed E-state index contributed by atoms with van der Waals surface area (Å²) in [5.74, 6) is 0.610. The van der Waals surface area contributed by atoms with Gasteiger partial charge in [0.2, 0.25) is 5.95 Å². The number of fused-ring (bicyclic) bond motifs is 1. The Hall–Kier alpha value is -0.870. The zero-order chi connectivity index (χ0) is 15.1. The molecule has 0 aliphatic rings. The second-order valence-electron chi connectivity index (χ2n) is 7.16. The van der Waals surface area contributed by atoms with E-state index < -0.39 is 0 Å². The Balaban J connectivity index is 2.29. The number of rotatable bonds is 3. The van der Waals surface area contributed by atoms with Gasteiger partial charge in [0.1, 0.15) is 9.98 Å². The molecule has 5 heteroatoms. The zero-order valence-electron chi connectivity index (χ0n) is 13.0. The first kappa shape index (κ1) is 15.5. The standard InChI is InChI=1S/C15H22ClN3S/c1-9-7-10-11(16)17-13(18-12(10)20-9)19-15(5,6)8-14(2,3)4/h7H,8H2,1-6H3,(H,17,18,19). The highest BCUT2D eigenvalue weighted by Gasteiger charge is 2.26. The average molecular weight is 312 g/mol. The number of aromatic nitrogens is 2. The largest absolute Gasteiger partial charge is 0.349 e. The third-order valence-corrected chi connectivity index (χ3v) is 4.12. The molecule has 0 aliphatic carbocycles. The summed E-state index contributed by atoms with van der Waals surface area (Å²) < 4.78 is 0.